The SMILES string of the molecule is CCNCc1sc(-c2cncs2)nc1C(F)(F)F. The Kier molecular flexibility index (Phi) is 3.98. The molecule has 3 nitrogen and oxygen atoms in total. The quantitative estimate of drug-likeness (QED) is 0.939. The van der Waals surface area contributed by atoms with Crippen molar-refractivity contribution < 1.29 is 13.2 Å². The number of hydrogen-bond donors (Lipinski definition) is 1. The Morgan fingerprint density at radius 3 is 2.72 bits per heavy atom. The van der Waals surface area contributed by atoms with E-state index in [9.17, 15) is 13.2 Å². The maximum absolute atomic E-state index is 12.8. The first-order chi connectivity index (χ1) is 8.52. The van der Waals surface area contributed by atoms with Crippen LogP contribution in [0, 0.1) is 0 Å². The Balaban J connectivity index is 2.38. The Hall–Kier alpha value is -0.990. The molecule has 0 aliphatic carbocycles. The molecule has 0 unspecified atom stereocenters. The molecule has 8 heteroatoms. The first-order valence-corrected chi connectivity index (χ1v) is 6.88. The van der Waals surface area contributed by atoms with Gasteiger partial charge in [0.25, 0.3) is 0 Å². The van der Waals surface area contributed by atoms with Crippen LogP contribution in [0.15, 0.2) is 11.7 Å². The summed E-state index contributed by atoms with van der Waals surface area (Å²) in [5.41, 5.74) is 0.783. The molecular weight excluding hydrogens is 283 g/mol. The van der Waals surface area contributed by atoms with Crippen molar-refractivity contribution in [3.8, 4) is 9.88 Å². The molecule has 0 saturated carbocycles. The molecule has 2 aromatic heterocycles. The van der Waals surface area contributed by atoms with Crippen LogP contribution in [0.4, 0.5) is 13.2 Å². The fourth-order valence-electron chi connectivity index (χ4n) is 1.36. The lowest BCUT2D eigenvalue weighted by atomic mass is 10.3. The number of nitrogens with one attached hydrogen (secondary N) is 1. The van der Waals surface area contributed by atoms with Crippen LogP contribution >= 0.6 is 22.7 Å². The van der Waals surface area contributed by atoms with E-state index in [1.807, 2.05) is 6.92 Å². The molecule has 2 heterocycles. The maximum Gasteiger partial charge on any atom is 0.434 e. The van der Waals surface area contributed by atoms with Crippen LogP contribution in [0.25, 0.3) is 9.88 Å². The van der Waals surface area contributed by atoms with Gasteiger partial charge >= 0.3 is 6.18 Å². The second-order valence-corrected chi connectivity index (χ2v) is 5.40. The summed E-state index contributed by atoms with van der Waals surface area (Å²) < 4.78 is 38.5. The normalized spacial score (nSPS) is 12.0. The van der Waals surface area contributed by atoms with Crippen LogP contribution in [-0.2, 0) is 12.7 Å². The first-order valence-electron chi connectivity index (χ1n) is 5.19. The van der Waals surface area contributed by atoms with Gasteiger partial charge in [-0.25, -0.2) is 4.98 Å². The predicted molar refractivity (Wildman–Crippen MR) is 65.6 cm³/mol. The smallest absolute Gasteiger partial charge is 0.312 e. The Labute approximate surface area is 110 Å². The molecule has 0 aliphatic rings. The van der Waals surface area contributed by atoms with Gasteiger partial charge in [-0.15, -0.1) is 22.7 Å². The average molecular weight is 293 g/mol. The molecule has 0 bridgehead atoms. The van der Waals surface area contributed by atoms with E-state index in [2.05, 4.69) is 15.3 Å². The summed E-state index contributed by atoms with van der Waals surface area (Å²) in [5.74, 6) is 0. The number of thiazole rings is 2. The maximum atomic E-state index is 12.8. The van der Waals surface area contributed by atoms with Gasteiger partial charge in [-0.1, -0.05) is 6.92 Å². The third-order valence-corrected chi connectivity index (χ3v) is 4.14. The van der Waals surface area contributed by atoms with Crippen LogP contribution in [0.1, 0.15) is 17.5 Å². The molecule has 98 valence electrons. The minimum absolute atomic E-state index is 0.182. The summed E-state index contributed by atoms with van der Waals surface area (Å²) in [6.45, 7) is 2.64. The minimum atomic E-state index is -4.41. The Bertz CT molecular complexity index is 505. The second kappa shape index (κ2) is 5.33. The Morgan fingerprint density at radius 2 is 2.17 bits per heavy atom. The monoisotopic (exact) mass is 293 g/mol. The number of aromatic nitrogens is 2. The lowest BCUT2D eigenvalue weighted by Gasteiger charge is -2.05. The molecule has 18 heavy (non-hydrogen) atoms. The number of alkyl halides is 3. The van der Waals surface area contributed by atoms with Crippen molar-refractivity contribution in [1.29, 1.82) is 0 Å². The first kappa shape index (κ1) is 13.4. The topological polar surface area (TPSA) is 37.8 Å². The van der Waals surface area contributed by atoms with Gasteiger partial charge in [0, 0.05) is 12.7 Å². The van der Waals surface area contributed by atoms with Crippen molar-refractivity contribution >= 4 is 22.7 Å². The zero-order valence-corrected chi connectivity index (χ0v) is 11.0. The van der Waals surface area contributed by atoms with Gasteiger partial charge in [-0.05, 0) is 6.54 Å². The number of hydrogen-bond acceptors (Lipinski definition) is 5. The predicted octanol–water partition coefficient (Wildman–Crippen LogP) is 3.39. The van der Waals surface area contributed by atoms with E-state index in [1.54, 1.807) is 5.51 Å². The number of nitrogens with zero attached hydrogens (tertiary/aromatic N) is 2. The van der Waals surface area contributed by atoms with E-state index in [0.29, 0.717) is 16.4 Å². The highest BCUT2D eigenvalue weighted by Crippen LogP contribution is 2.38. The summed E-state index contributed by atoms with van der Waals surface area (Å²) in [5, 5.41) is 3.27. The van der Waals surface area contributed by atoms with Gasteiger partial charge in [0.1, 0.15) is 5.01 Å². The van der Waals surface area contributed by atoms with Crippen LogP contribution in [0.5, 0.6) is 0 Å². The highest BCUT2D eigenvalue weighted by molar-refractivity contribution is 7.20. The highest BCUT2D eigenvalue weighted by Gasteiger charge is 2.37. The molecule has 2 rings (SSSR count). The molecule has 0 aromatic carbocycles. The van der Waals surface area contributed by atoms with Crippen molar-refractivity contribution in [3.05, 3.63) is 22.3 Å². The van der Waals surface area contributed by atoms with Crippen LogP contribution in [-0.4, -0.2) is 16.5 Å². The molecule has 0 fully saturated rings. The van der Waals surface area contributed by atoms with Crippen molar-refractivity contribution in [2.75, 3.05) is 6.54 Å². The second-order valence-electron chi connectivity index (χ2n) is 3.43. The average Bonchev–Trinajstić information content (AvgIpc) is 2.93. The van der Waals surface area contributed by atoms with E-state index in [1.165, 1.54) is 17.5 Å². The van der Waals surface area contributed by atoms with Crippen molar-refractivity contribution in [2.24, 2.45) is 0 Å². The number of rotatable bonds is 4. The van der Waals surface area contributed by atoms with Crippen LogP contribution < -0.4 is 5.32 Å². The van der Waals surface area contributed by atoms with Crippen LogP contribution in [0.3, 0.4) is 0 Å². The lowest BCUT2D eigenvalue weighted by molar-refractivity contribution is -0.141. The molecule has 2 aromatic rings. The van der Waals surface area contributed by atoms with E-state index in [-0.39, 0.29) is 11.4 Å². The van der Waals surface area contributed by atoms with Gasteiger partial charge in [-0.2, -0.15) is 13.2 Å². The van der Waals surface area contributed by atoms with Crippen molar-refractivity contribution in [1.82, 2.24) is 15.3 Å². The van der Waals surface area contributed by atoms with Gasteiger partial charge in [0.05, 0.1) is 15.3 Å². The van der Waals surface area contributed by atoms with Gasteiger partial charge < -0.3 is 5.32 Å². The van der Waals surface area contributed by atoms with Crippen molar-refractivity contribution in [3.63, 3.8) is 0 Å². The fourth-order valence-corrected chi connectivity index (χ4v) is 3.09. The fraction of sp³-hybridized carbons (Fsp3) is 0.400. The Morgan fingerprint density at radius 1 is 1.39 bits per heavy atom. The summed E-state index contributed by atoms with van der Waals surface area (Å²) in [6.07, 6.45) is -2.88. The molecule has 0 atom stereocenters. The molecule has 0 spiro atoms. The van der Waals surface area contributed by atoms with E-state index in [4.69, 9.17) is 0 Å². The zero-order chi connectivity index (χ0) is 13.2. The van der Waals surface area contributed by atoms with Gasteiger partial charge in [-0.3, -0.25) is 4.98 Å². The van der Waals surface area contributed by atoms with Gasteiger partial charge in [0.15, 0.2) is 5.69 Å². The molecule has 0 aliphatic heterocycles. The third kappa shape index (κ3) is 2.88. The molecule has 0 radical (unpaired) electrons. The molecular formula is C10H10F3N3S2. The molecule has 0 saturated heterocycles. The largest absolute Gasteiger partial charge is 0.434 e. The minimum Gasteiger partial charge on any atom is -0.312 e. The highest BCUT2D eigenvalue weighted by atomic mass is 32.1. The standard InChI is InChI=1S/C10H10F3N3S2/c1-2-14-3-6-8(10(11,12)13)16-9(18-6)7-4-15-5-17-7/h4-5,14H,2-3H2,1H3. The van der Waals surface area contributed by atoms with Crippen molar-refractivity contribution in [2.45, 2.75) is 19.6 Å². The molecule has 0 amide bonds. The van der Waals surface area contributed by atoms with E-state index >= 15 is 0 Å². The van der Waals surface area contributed by atoms with E-state index < -0.39 is 11.9 Å². The number of halogens is 3. The summed E-state index contributed by atoms with van der Waals surface area (Å²) in [4.78, 5) is 8.43. The molecule has 1 N–H and O–H groups in total. The summed E-state index contributed by atoms with van der Waals surface area (Å²) in [7, 11) is 0. The summed E-state index contributed by atoms with van der Waals surface area (Å²) >= 11 is 2.34. The van der Waals surface area contributed by atoms with Gasteiger partial charge in [0.2, 0.25) is 0 Å². The summed E-state index contributed by atoms with van der Waals surface area (Å²) in [6, 6.07) is 0. The third-order valence-electron chi connectivity index (χ3n) is 2.14. The zero-order valence-electron chi connectivity index (χ0n) is 9.41. The lowest BCUT2D eigenvalue weighted by Crippen LogP contribution is -2.15. The van der Waals surface area contributed by atoms with Crippen LogP contribution in [0.2, 0.25) is 0 Å². The van der Waals surface area contributed by atoms with E-state index in [0.717, 1.165) is 11.3 Å².